The predicted molar refractivity (Wildman–Crippen MR) is 75.9 cm³/mol. The summed E-state index contributed by atoms with van der Waals surface area (Å²) in [5.74, 6) is 0.872. The number of hydrogen-bond acceptors (Lipinski definition) is 2. The highest BCUT2D eigenvalue weighted by Crippen LogP contribution is 2.09. The van der Waals surface area contributed by atoms with Crippen LogP contribution in [0.15, 0.2) is 30.3 Å². The molecule has 0 radical (unpaired) electrons. The summed E-state index contributed by atoms with van der Waals surface area (Å²) in [5, 5.41) is 0. The largest absolute Gasteiger partial charge is 0.468 e. The molecular formula is C16H26O2. The third kappa shape index (κ3) is 8.13. The number of benzene rings is 1. The van der Waals surface area contributed by atoms with E-state index in [0.717, 1.165) is 18.8 Å². The molecule has 1 rings (SSSR count). The van der Waals surface area contributed by atoms with E-state index in [0.29, 0.717) is 6.79 Å². The molecule has 0 spiro atoms. The summed E-state index contributed by atoms with van der Waals surface area (Å²) in [6, 6.07) is 9.79. The fraction of sp³-hybridized carbons (Fsp3) is 0.625. The number of unbranched alkanes of at least 4 members (excludes halogenated alkanes) is 6. The molecule has 0 heterocycles. The van der Waals surface area contributed by atoms with Crippen molar-refractivity contribution in [3.05, 3.63) is 30.3 Å². The molecule has 0 saturated carbocycles. The zero-order chi connectivity index (χ0) is 12.9. The highest BCUT2D eigenvalue weighted by molar-refractivity contribution is 5.20. The molecule has 0 aliphatic carbocycles. The van der Waals surface area contributed by atoms with Crippen LogP contribution in [-0.2, 0) is 4.74 Å². The van der Waals surface area contributed by atoms with Gasteiger partial charge in [0.1, 0.15) is 5.75 Å². The molecular weight excluding hydrogens is 224 g/mol. The number of rotatable bonds is 11. The highest BCUT2D eigenvalue weighted by Gasteiger charge is 1.93. The second kappa shape index (κ2) is 11.1. The second-order valence-corrected chi connectivity index (χ2v) is 4.60. The van der Waals surface area contributed by atoms with Crippen molar-refractivity contribution in [2.24, 2.45) is 0 Å². The van der Waals surface area contributed by atoms with Gasteiger partial charge in [-0.15, -0.1) is 0 Å². The van der Waals surface area contributed by atoms with E-state index in [-0.39, 0.29) is 0 Å². The van der Waals surface area contributed by atoms with Crippen molar-refractivity contribution in [2.45, 2.75) is 51.9 Å². The minimum Gasteiger partial charge on any atom is -0.468 e. The van der Waals surface area contributed by atoms with Crippen molar-refractivity contribution < 1.29 is 9.47 Å². The van der Waals surface area contributed by atoms with E-state index in [4.69, 9.17) is 9.47 Å². The summed E-state index contributed by atoms with van der Waals surface area (Å²) in [4.78, 5) is 0. The van der Waals surface area contributed by atoms with Crippen molar-refractivity contribution in [2.75, 3.05) is 13.4 Å². The molecule has 0 fully saturated rings. The van der Waals surface area contributed by atoms with Crippen LogP contribution in [0, 0.1) is 0 Å². The maximum Gasteiger partial charge on any atom is 0.189 e. The average Bonchev–Trinajstić information content (AvgIpc) is 2.42. The lowest BCUT2D eigenvalue weighted by Crippen LogP contribution is -2.03. The lowest BCUT2D eigenvalue weighted by molar-refractivity contribution is 0.0135. The Labute approximate surface area is 111 Å². The normalized spacial score (nSPS) is 10.5. The first kappa shape index (κ1) is 15.0. The third-order valence-corrected chi connectivity index (χ3v) is 2.94. The van der Waals surface area contributed by atoms with Crippen LogP contribution in [0.5, 0.6) is 5.75 Å². The molecule has 102 valence electrons. The summed E-state index contributed by atoms with van der Waals surface area (Å²) in [5.41, 5.74) is 0. The minimum atomic E-state index is 0.361. The second-order valence-electron chi connectivity index (χ2n) is 4.60. The first-order valence-corrected chi connectivity index (χ1v) is 7.19. The van der Waals surface area contributed by atoms with E-state index in [1.807, 2.05) is 30.3 Å². The molecule has 0 unspecified atom stereocenters. The molecule has 2 nitrogen and oxygen atoms in total. The van der Waals surface area contributed by atoms with Gasteiger partial charge in [0, 0.05) is 0 Å². The van der Waals surface area contributed by atoms with Crippen LogP contribution in [-0.4, -0.2) is 13.4 Å². The fourth-order valence-electron chi connectivity index (χ4n) is 1.85. The minimum absolute atomic E-state index is 0.361. The maximum atomic E-state index is 5.44. The van der Waals surface area contributed by atoms with Crippen molar-refractivity contribution in [1.29, 1.82) is 0 Å². The van der Waals surface area contributed by atoms with Gasteiger partial charge in [-0.25, -0.2) is 0 Å². The average molecular weight is 250 g/mol. The van der Waals surface area contributed by atoms with E-state index >= 15 is 0 Å². The van der Waals surface area contributed by atoms with Gasteiger partial charge in [0.25, 0.3) is 0 Å². The molecule has 1 aromatic carbocycles. The summed E-state index contributed by atoms with van der Waals surface area (Å²) >= 11 is 0. The summed E-state index contributed by atoms with van der Waals surface area (Å²) < 4.78 is 10.9. The number of hydrogen-bond donors (Lipinski definition) is 0. The molecule has 18 heavy (non-hydrogen) atoms. The summed E-state index contributed by atoms with van der Waals surface area (Å²) in [7, 11) is 0. The zero-order valence-corrected chi connectivity index (χ0v) is 11.6. The van der Waals surface area contributed by atoms with Gasteiger partial charge in [-0.3, -0.25) is 0 Å². The van der Waals surface area contributed by atoms with E-state index in [9.17, 15) is 0 Å². The van der Waals surface area contributed by atoms with E-state index in [2.05, 4.69) is 6.92 Å². The number of para-hydroxylation sites is 1. The molecule has 1 aromatic rings. The molecule has 2 heteroatoms. The van der Waals surface area contributed by atoms with Gasteiger partial charge in [0.2, 0.25) is 0 Å². The van der Waals surface area contributed by atoms with Crippen molar-refractivity contribution in [3.8, 4) is 5.75 Å². The summed E-state index contributed by atoms with van der Waals surface area (Å²) in [6.45, 7) is 3.42. The third-order valence-electron chi connectivity index (χ3n) is 2.94. The Morgan fingerprint density at radius 3 is 2.22 bits per heavy atom. The van der Waals surface area contributed by atoms with Gasteiger partial charge in [0.05, 0.1) is 6.61 Å². The molecule has 0 aliphatic heterocycles. The Morgan fingerprint density at radius 1 is 0.833 bits per heavy atom. The lowest BCUT2D eigenvalue weighted by atomic mass is 10.1. The van der Waals surface area contributed by atoms with Crippen molar-refractivity contribution in [3.63, 3.8) is 0 Å². The monoisotopic (exact) mass is 250 g/mol. The molecule has 0 aromatic heterocycles. The van der Waals surface area contributed by atoms with Crippen molar-refractivity contribution >= 4 is 0 Å². The van der Waals surface area contributed by atoms with Crippen LogP contribution in [0.1, 0.15) is 51.9 Å². The van der Waals surface area contributed by atoms with Crippen LogP contribution in [0.25, 0.3) is 0 Å². The predicted octanol–water partition coefficient (Wildman–Crippen LogP) is 4.79. The molecule has 0 saturated heterocycles. The van der Waals surface area contributed by atoms with Gasteiger partial charge in [0.15, 0.2) is 6.79 Å². The Hall–Kier alpha value is -1.02. The molecule has 0 bridgehead atoms. The highest BCUT2D eigenvalue weighted by atomic mass is 16.7. The van der Waals surface area contributed by atoms with E-state index in [1.54, 1.807) is 0 Å². The van der Waals surface area contributed by atoms with Crippen LogP contribution in [0.4, 0.5) is 0 Å². The molecule has 0 amide bonds. The van der Waals surface area contributed by atoms with E-state index < -0.39 is 0 Å². The molecule has 0 N–H and O–H groups in total. The quantitative estimate of drug-likeness (QED) is 0.415. The standard InChI is InChI=1S/C16H26O2/c1-2-3-4-5-6-7-11-14-17-15-18-16-12-9-8-10-13-16/h8-10,12-13H,2-7,11,14-15H2,1H3. The Kier molecular flexibility index (Phi) is 9.27. The zero-order valence-electron chi connectivity index (χ0n) is 11.6. The summed E-state index contributed by atoms with van der Waals surface area (Å²) in [6.07, 6.45) is 9.20. The first-order chi connectivity index (χ1) is 8.93. The van der Waals surface area contributed by atoms with Gasteiger partial charge in [-0.1, -0.05) is 63.6 Å². The molecule has 0 aliphatic rings. The SMILES string of the molecule is CCCCCCCCCOCOc1ccccc1. The van der Waals surface area contributed by atoms with Crippen LogP contribution in [0.3, 0.4) is 0 Å². The van der Waals surface area contributed by atoms with Gasteiger partial charge in [-0.2, -0.15) is 0 Å². The molecule has 0 atom stereocenters. The maximum absolute atomic E-state index is 5.44. The Morgan fingerprint density at radius 2 is 1.50 bits per heavy atom. The Balaban J connectivity index is 1.82. The van der Waals surface area contributed by atoms with Gasteiger partial charge < -0.3 is 9.47 Å². The van der Waals surface area contributed by atoms with Gasteiger partial charge >= 0.3 is 0 Å². The number of ether oxygens (including phenoxy) is 2. The lowest BCUT2D eigenvalue weighted by Gasteiger charge is -2.06. The Bertz CT molecular complexity index is 272. The fourth-order valence-corrected chi connectivity index (χ4v) is 1.85. The first-order valence-electron chi connectivity index (χ1n) is 7.19. The smallest absolute Gasteiger partial charge is 0.189 e. The van der Waals surface area contributed by atoms with Crippen LogP contribution < -0.4 is 4.74 Å². The topological polar surface area (TPSA) is 18.5 Å². The van der Waals surface area contributed by atoms with Crippen molar-refractivity contribution in [1.82, 2.24) is 0 Å². The van der Waals surface area contributed by atoms with Gasteiger partial charge in [-0.05, 0) is 18.6 Å². The van der Waals surface area contributed by atoms with E-state index in [1.165, 1.54) is 38.5 Å². The van der Waals surface area contributed by atoms with Crippen LogP contribution >= 0.6 is 0 Å². The van der Waals surface area contributed by atoms with Crippen LogP contribution in [0.2, 0.25) is 0 Å².